The van der Waals surface area contributed by atoms with E-state index in [2.05, 4.69) is 10.5 Å². The van der Waals surface area contributed by atoms with Gasteiger partial charge in [-0.05, 0) is 38.5 Å². The van der Waals surface area contributed by atoms with Crippen LogP contribution in [0.4, 0.5) is 10.1 Å². The zero-order chi connectivity index (χ0) is 17.2. The fourth-order valence-electron chi connectivity index (χ4n) is 1.94. The van der Waals surface area contributed by atoms with Crippen molar-refractivity contribution >= 4 is 21.4 Å². The molecule has 1 amide bonds. The Morgan fingerprint density at radius 2 is 2.04 bits per heavy atom. The molecule has 1 unspecified atom stereocenters. The molecule has 1 atom stereocenters. The summed E-state index contributed by atoms with van der Waals surface area (Å²) in [4.78, 5) is 12.2. The molecule has 23 heavy (non-hydrogen) atoms. The van der Waals surface area contributed by atoms with Crippen LogP contribution < -0.4 is 5.32 Å². The molecule has 8 heteroatoms. The summed E-state index contributed by atoms with van der Waals surface area (Å²) in [5.74, 6) is -1.15. The largest absolute Gasteiger partial charge is 0.361 e. The number of rotatable bonds is 5. The highest BCUT2D eigenvalue weighted by Crippen LogP contribution is 2.18. The van der Waals surface area contributed by atoms with Crippen LogP contribution in [0.1, 0.15) is 23.9 Å². The number of nitrogens with zero attached hydrogens (tertiary/aromatic N) is 1. The van der Waals surface area contributed by atoms with Gasteiger partial charge in [0, 0.05) is 11.8 Å². The molecule has 1 N–H and O–H groups in total. The number of aromatic nitrogens is 1. The van der Waals surface area contributed by atoms with E-state index in [1.807, 2.05) is 0 Å². The highest BCUT2D eigenvalue weighted by molar-refractivity contribution is 7.92. The molecular weight excluding hydrogens is 323 g/mol. The number of amides is 1. The lowest BCUT2D eigenvalue weighted by Crippen LogP contribution is -2.33. The maximum Gasteiger partial charge on any atom is 0.242 e. The van der Waals surface area contributed by atoms with Gasteiger partial charge in [0.25, 0.3) is 0 Å². The number of halogens is 1. The number of aryl methyl sites for hydroxylation is 2. The zero-order valence-corrected chi connectivity index (χ0v) is 13.8. The molecule has 2 aromatic rings. The lowest BCUT2D eigenvalue weighted by atomic mass is 10.2. The molecule has 1 aromatic carbocycles. The van der Waals surface area contributed by atoms with Gasteiger partial charge in [0.1, 0.15) is 16.8 Å². The molecule has 0 aliphatic heterocycles. The second-order valence-electron chi connectivity index (χ2n) is 5.33. The molecule has 0 saturated heterocycles. The van der Waals surface area contributed by atoms with E-state index in [9.17, 15) is 17.6 Å². The van der Waals surface area contributed by atoms with Gasteiger partial charge in [0.2, 0.25) is 5.91 Å². The Kier molecular flexibility index (Phi) is 4.84. The highest BCUT2D eigenvalue weighted by atomic mass is 32.2. The molecule has 1 heterocycles. The number of anilines is 1. The minimum absolute atomic E-state index is 0.240. The monoisotopic (exact) mass is 340 g/mol. The number of benzene rings is 1. The van der Waals surface area contributed by atoms with E-state index < -0.39 is 32.6 Å². The third kappa shape index (κ3) is 4.16. The molecule has 124 valence electrons. The predicted octanol–water partition coefficient (Wildman–Crippen LogP) is 2.37. The van der Waals surface area contributed by atoms with Gasteiger partial charge in [0.15, 0.2) is 9.84 Å². The van der Waals surface area contributed by atoms with Crippen LogP contribution in [0.3, 0.4) is 0 Å². The van der Waals surface area contributed by atoms with Gasteiger partial charge in [-0.1, -0.05) is 11.2 Å². The van der Waals surface area contributed by atoms with E-state index in [1.165, 1.54) is 25.1 Å². The number of hydrogen-bond acceptors (Lipinski definition) is 5. The fourth-order valence-corrected chi connectivity index (χ4v) is 3.13. The first-order chi connectivity index (χ1) is 10.7. The van der Waals surface area contributed by atoms with E-state index >= 15 is 0 Å². The third-order valence-electron chi connectivity index (χ3n) is 3.39. The summed E-state index contributed by atoms with van der Waals surface area (Å²) in [6.45, 7) is 4.62. The molecule has 0 fully saturated rings. The number of carbonyl (C=O) groups is 1. The molecule has 0 radical (unpaired) electrons. The minimum atomic E-state index is -3.77. The smallest absolute Gasteiger partial charge is 0.242 e. The normalized spacial score (nSPS) is 12.9. The van der Waals surface area contributed by atoms with Crippen LogP contribution in [0, 0.1) is 19.7 Å². The van der Waals surface area contributed by atoms with Crippen molar-refractivity contribution < 1.29 is 22.1 Å². The van der Waals surface area contributed by atoms with Crippen molar-refractivity contribution in [3.05, 3.63) is 47.1 Å². The van der Waals surface area contributed by atoms with E-state index in [0.717, 1.165) is 6.07 Å². The maximum absolute atomic E-state index is 13.2. The standard InChI is InChI=1S/C15H17FN2O4S/c1-9-4-5-12(16)7-14(9)17-15(19)11(3)23(20,21)8-13-6-10(2)22-18-13/h4-7,11H,8H2,1-3H3,(H,17,19). The van der Waals surface area contributed by atoms with Crippen molar-refractivity contribution in [1.82, 2.24) is 5.16 Å². The summed E-state index contributed by atoms with van der Waals surface area (Å²) >= 11 is 0. The van der Waals surface area contributed by atoms with Crippen molar-refractivity contribution in [3.63, 3.8) is 0 Å². The minimum Gasteiger partial charge on any atom is -0.361 e. The van der Waals surface area contributed by atoms with Crippen LogP contribution >= 0.6 is 0 Å². The van der Waals surface area contributed by atoms with Crippen LogP contribution in [0.5, 0.6) is 0 Å². The Morgan fingerprint density at radius 1 is 1.35 bits per heavy atom. The lowest BCUT2D eigenvalue weighted by Gasteiger charge is -2.14. The van der Waals surface area contributed by atoms with Crippen molar-refractivity contribution in [2.45, 2.75) is 31.8 Å². The van der Waals surface area contributed by atoms with Gasteiger partial charge in [0.05, 0.1) is 11.4 Å². The first kappa shape index (κ1) is 17.1. The third-order valence-corrected chi connectivity index (χ3v) is 5.38. The van der Waals surface area contributed by atoms with E-state index in [0.29, 0.717) is 11.3 Å². The fraction of sp³-hybridized carbons (Fsp3) is 0.333. The topological polar surface area (TPSA) is 89.3 Å². The Labute approximate surface area is 133 Å². The van der Waals surface area contributed by atoms with Crippen molar-refractivity contribution in [1.29, 1.82) is 0 Å². The molecule has 0 spiro atoms. The van der Waals surface area contributed by atoms with Gasteiger partial charge in [-0.2, -0.15) is 0 Å². The number of carbonyl (C=O) groups excluding carboxylic acids is 1. The Hall–Kier alpha value is -2.22. The Balaban J connectivity index is 2.13. The molecule has 0 bridgehead atoms. The summed E-state index contributed by atoms with van der Waals surface area (Å²) in [7, 11) is -3.77. The molecule has 0 aliphatic rings. The average molecular weight is 340 g/mol. The average Bonchev–Trinajstić information content (AvgIpc) is 2.86. The van der Waals surface area contributed by atoms with E-state index in [4.69, 9.17) is 4.52 Å². The quantitative estimate of drug-likeness (QED) is 0.902. The van der Waals surface area contributed by atoms with E-state index in [-0.39, 0.29) is 11.4 Å². The van der Waals surface area contributed by atoms with Crippen LogP contribution in [-0.2, 0) is 20.4 Å². The molecule has 2 rings (SSSR count). The SMILES string of the molecule is Cc1cc(CS(=O)(=O)C(C)C(=O)Nc2cc(F)ccc2C)no1. The van der Waals surface area contributed by atoms with Gasteiger partial charge in [-0.3, -0.25) is 4.79 Å². The molecule has 0 saturated carbocycles. The predicted molar refractivity (Wildman–Crippen MR) is 83.1 cm³/mol. The molecular formula is C15H17FN2O4S. The number of sulfone groups is 1. The van der Waals surface area contributed by atoms with Gasteiger partial charge in [-0.15, -0.1) is 0 Å². The zero-order valence-electron chi connectivity index (χ0n) is 13.0. The summed E-state index contributed by atoms with van der Waals surface area (Å²) in [5.41, 5.74) is 1.12. The number of hydrogen-bond donors (Lipinski definition) is 1. The van der Waals surface area contributed by atoms with Gasteiger partial charge < -0.3 is 9.84 Å². The Morgan fingerprint density at radius 3 is 2.65 bits per heavy atom. The summed E-state index contributed by atoms with van der Waals surface area (Å²) in [6, 6.07) is 5.41. The second kappa shape index (κ2) is 6.49. The lowest BCUT2D eigenvalue weighted by molar-refractivity contribution is -0.115. The number of nitrogens with one attached hydrogen (secondary N) is 1. The summed E-state index contributed by atoms with van der Waals surface area (Å²) < 4.78 is 42.6. The van der Waals surface area contributed by atoms with Crippen molar-refractivity contribution in [3.8, 4) is 0 Å². The van der Waals surface area contributed by atoms with Crippen molar-refractivity contribution in [2.24, 2.45) is 0 Å². The highest BCUT2D eigenvalue weighted by Gasteiger charge is 2.29. The van der Waals surface area contributed by atoms with Crippen LogP contribution in [0.25, 0.3) is 0 Å². The summed E-state index contributed by atoms with van der Waals surface area (Å²) in [6.07, 6.45) is 0. The second-order valence-corrected chi connectivity index (χ2v) is 7.65. The summed E-state index contributed by atoms with van der Waals surface area (Å²) in [5, 5.41) is 4.76. The molecule has 0 aliphatic carbocycles. The van der Waals surface area contributed by atoms with Crippen molar-refractivity contribution in [2.75, 3.05) is 5.32 Å². The molecule has 1 aromatic heterocycles. The van der Waals surface area contributed by atoms with Gasteiger partial charge >= 0.3 is 0 Å². The first-order valence-corrected chi connectivity index (χ1v) is 8.61. The van der Waals surface area contributed by atoms with Crippen LogP contribution in [-0.4, -0.2) is 24.7 Å². The maximum atomic E-state index is 13.2. The van der Waals surface area contributed by atoms with Gasteiger partial charge in [-0.25, -0.2) is 12.8 Å². The van der Waals surface area contributed by atoms with Crippen LogP contribution in [0.15, 0.2) is 28.8 Å². The van der Waals surface area contributed by atoms with Crippen LogP contribution in [0.2, 0.25) is 0 Å². The van der Waals surface area contributed by atoms with E-state index in [1.54, 1.807) is 13.8 Å². The molecule has 6 nitrogen and oxygen atoms in total. The Bertz CT molecular complexity index is 830. The first-order valence-electron chi connectivity index (χ1n) is 6.90.